The molecule has 0 aromatic heterocycles. The van der Waals surface area contributed by atoms with Crippen LogP contribution in [0.3, 0.4) is 0 Å². The largest absolute Gasteiger partial charge is 0.482 e. The van der Waals surface area contributed by atoms with E-state index in [4.69, 9.17) is 28.6 Å². The number of nitrogens with one attached hydrogen (secondary N) is 2. The molecule has 3 aromatic carbocycles. The highest BCUT2D eigenvalue weighted by Gasteiger charge is 2.34. The van der Waals surface area contributed by atoms with Gasteiger partial charge in [0.05, 0.1) is 10.7 Å². The van der Waals surface area contributed by atoms with Crippen molar-refractivity contribution in [3.05, 3.63) is 94.0 Å². The summed E-state index contributed by atoms with van der Waals surface area (Å²) in [5.74, 6) is -1.18. The van der Waals surface area contributed by atoms with Gasteiger partial charge in [-0.3, -0.25) is 24.6 Å². The number of ether oxygens (including phenoxy) is 1. The Hall–Kier alpha value is -4.01. The summed E-state index contributed by atoms with van der Waals surface area (Å²) in [4.78, 5) is 39.2. The molecule has 1 aliphatic heterocycles. The molecule has 0 radical (unpaired) electrons. The zero-order valence-corrected chi connectivity index (χ0v) is 21.1. The molecular formula is C27H22ClN3O4S. The van der Waals surface area contributed by atoms with Crippen molar-refractivity contribution < 1.29 is 19.1 Å². The van der Waals surface area contributed by atoms with Gasteiger partial charge in [0.15, 0.2) is 11.7 Å². The second-order valence-corrected chi connectivity index (χ2v) is 8.93. The Morgan fingerprint density at radius 2 is 1.83 bits per heavy atom. The lowest BCUT2D eigenvalue weighted by Crippen LogP contribution is -2.54. The number of thiocarbonyl (C=S) groups is 1. The fourth-order valence-corrected chi connectivity index (χ4v) is 4.08. The van der Waals surface area contributed by atoms with Crippen LogP contribution in [0.1, 0.15) is 16.7 Å². The molecule has 0 spiro atoms. The summed E-state index contributed by atoms with van der Waals surface area (Å²) in [5, 5.41) is 5.60. The van der Waals surface area contributed by atoms with Crippen LogP contribution < -0.4 is 20.3 Å². The fourth-order valence-electron chi connectivity index (χ4n) is 3.56. The van der Waals surface area contributed by atoms with Crippen molar-refractivity contribution >= 4 is 64.1 Å². The van der Waals surface area contributed by atoms with Crippen LogP contribution in [0.25, 0.3) is 6.08 Å². The molecule has 3 aromatic rings. The van der Waals surface area contributed by atoms with Gasteiger partial charge in [-0.2, -0.15) is 0 Å². The molecular weight excluding hydrogens is 498 g/mol. The Labute approximate surface area is 218 Å². The van der Waals surface area contributed by atoms with Crippen molar-refractivity contribution in [2.75, 3.05) is 16.8 Å². The van der Waals surface area contributed by atoms with Gasteiger partial charge >= 0.3 is 0 Å². The van der Waals surface area contributed by atoms with Crippen LogP contribution in [0.5, 0.6) is 5.75 Å². The maximum atomic E-state index is 13.1. The van der Waals surface area contributed by atoms with Crippen LogP contribution in [-0.4, -0.2) is 29.4 Å². The Morgan fingerprint density at radius 3 is 2.56 bits per heavy atom. The van der Waals surface area contributed by atoms with E-state index in [9.17, 15) is 14.4 Å². The van der Waals surface area contributed by atoms with Gasteiger partial charge in [-0.05, 0) is 79.2 Å². The quantitative estimate of drug-likeness (QED) is 0.277. The molecule has 1 aliphatic rings. The maximum absolute atomic E-state index is 13.1. The lowest BCUT2D eigenvalue weighted by Gasteiger charge is -2.28. The zero-order valence-electron chi connectivity index (χ0n) is 19.5. The summed E-state index contributed by atoms with van der Waals surface area (Å²) in [7, 11) is 0. The van der Waals surface area contributed by atoms with Gasteiger partial charge < -0.3 is 10.1 Å². The smallest absolute Gasteiger partial charge is 0.270 e. The first-order valence-electron chi connectivity index (χ1n) is 11.0. The van der Waals surface area contributed by atoms with Crippen LogP contribution in [0.15, 0.2) is 72.3 Å². The predicted molar refractivity (Wildman–Crippen MR) is 144 cm³/mol. The summed E-state index contributed by atoms with van der Waals surface area (Å²) in [5.41, 5.74) is 3.65. The van der Waals surface area contributed by atoms with Crippen molar-refractivity contribution in [2.24, 2.45) is 0 Å². The van der Waals surface area contributed by atoms with Gasteiger partial charge in [-0.15, -0.1) is 0 Å². The lowest BCUT2D eigenvalue weighted by atomic mass is 10.1. The molecule has 1 fully saturated rings. The predicted octanol–water partition coefficient (Wildman–Crippen LogP) is 4.81. The van der Waals surface area contributed by atoms with E-state index in [0.717, 1.165) is 16.8 Å². The molecule has 0 bridgehead atoms. The molecule has 9 heteroatoms. The van der Waals surface area contributed by atoms with Gasteiger partial charge in [-0.25, -0.2) is 0 Å². The summed E-state index contributed by atoms with van der Waals surface area (Å²) >= 11 is 11.6. The Balaban J connectivity index is 1.47. The van der Waals surface area contributed by atoms with Gasteiger partial charge in [0.2, 0.25) is 0 Å². The number of rotatable bonds is 6. The minimum Gasteiger partial charge on any atom is -0.482 e. The number of aryl methyl sites for hydroxylation is 2. The highest BCUT2D eigenvalue weighted by molar-refractivity contribution is 7.80. The van der Waals surface area contributed by atoms with E-state index in [1.165, 1.54) is 11.0 Å². The number of carbonyl (C=O) groups is 3. The van der Waals surface area contributed by atoms with Gasteiger partial charge in [0.25, 0.3) is 17.7 Å². The van der Waals surface area contributed by atoms with Crippen LogP contribution in [0.2, 0.25) is 5.02 Å². The number of halogens is 1. The minimum absolute atomic E-state index is 0.00858. The molecule has 7 nitrogen and oxygen atoms in total. The zero-order chi connectivity index (χ0) is 25.8. The van der Waals surface area contributed by atoms with Crippen molar-refractivity contribution in [2.45, 2.75) is 13.8 Å². The first-order chi connectivity index (χ1) is 17.2. The van der Waals surface area contributed by atoms with Gasteiger partial charge in [0, 0.05) is 5.69 Å². The topological polar surface area (TPSA) is 87.7 Å². The molecule has 1 heterocycles. The Bertz CT molecular complexity index is 1410. The second-order valence-electron chi connectivity index (χ2n) is 8.14. The minimum atomic E-state index is -0.600. The van der Waals surface area contributed by atoms with E-state index in [1.807, 2.05) is 38.1 Å². The third kappa shape index (κ3) is 5.62. The molecule has 0 saturated carbocycles. The first-order valence-corrected chi connectivity index (χ1v) is 11.8. The van der Waals surface area contributed by atoms with E-state index in [0.29, 0.717) is 17.0 Å². The van der Waals surface area contributed by atoms with Crippen molar-refractivity contribution in [3.8, 4) is 5.75 Å². The third-order valence-electron chi connectivity index (χ3n) is 5.41. The van der Waals surface area contributed by atoms with E-state index in [-0.39, 0.29) is 28.2 Å². The van der Waals surface area contributed by atoms with Crippen LogP contribution in [-0.2, 0) is 14.4 Å². The number of nitrogens with zero attached hydrogens (tertiary/aromatic N) is 1. The number of anilines is 2. The number of hydrogen-bond donors (Lipinski definition) is 2. The Kier molecular flexibility index (Phi) is 7.47. The summed E-state index contributed by atoms with van der Waals surface area (Å²) in [6.45, 7) is 3.61. The molecule has 2 N–H and O–H groups in total. The van der Waals surface area contributed by atoms with Crippen LogP contribution >= 0.6 is 23.8 Å². The molecule has 1 saturated heterocycles. The average molecular weight is 520 g/mol. The number of para-hydroxylation sites is 1. The maximum Gasteiger partial charge on any atom is 0.270 e. The summed E-state index contributed by atoms with van der Waals surface area (Å²) < 4.78 is 5.58. The molecule has 0 aliphatic carbocycles. The van der Waals surface area contributed by atoms with Gasteiger partial charge in [0.1, 0.15) is 11.3 Å². The summed E-state index contributed by atoms with van der Waals surface area (Å²) in [6.07, 6.45) is 1.43. The number of amides is 3. The second kappa shape index (κ2) is 10.7. The average Bonchev–Trinajstić information content (AvgIpc) is 2.84. The van der Waals surface area contributed by atoms with Crippen LogP contribution in [0, 0.1) is 13.8 Å². The first kappa shape index (κ1) is 25.1. The monoisotopic (exact) mass is 519 g/mol. The summed E-state index contributed by atoms with van der Waals surface area (Å²) in [6, 6.07) is 19.3. The standard InChI is InChI=1S/C27H22ClN3O4S/c1-16-8-9-17(2)22(12-16)29-24(32)15-35-23-11-10-18(14-21(23)28)13-20-25(33)30-27(36)31(26(20)34)19-6-4-3-5-7-19/h3-14H,15H2,1-2H3,(H,29,32)(H,30,33,36)/b20-13-. The van der Waals surface area contributed by atoms with E-state index >= 15 is 0 Å². The number of hydrogen-bond acceptors (Lipinski definition) is 5. The van der Waals surface area contributed by atoms with Crippen molar-refractivity contribution in [3.63, 3.8) is 0 Å². The highest BCUT2D eigenvalue weighted by atomic mass is 35.5. The van der Waals surface area contributed by atoms with Gasteiger partial charge in [-0.1, -0.05) is 48.0 Å². The lowest BCUT2D eigenvalue weighted by molar-refractivity contribution is -0.122. The normalized spacial score (nSPS) is 14.6. The van der Waals surface area contributed by atoms with E-state index < -0.39 is 11.8 Å². The fraction of sp³-hybridized carbons (Fsp3) is 0.111. The Morgan fingerprint density at radius 1 is 1.08 bits per heavy atom. The molecule has 36 heavy (non-hydrogen) atoms. The molecule has 182 valence electrons. The molecule has 0 unspecified atom stereocenters. The van der Waals surface area contributed by atoms with Crippen LogP contribution in [0.4, 0.5) is 11.4 Å². The molecule has 4 rings (SSSR count). The number of benzene rings is 3. The molecule has 0 atom stereocenters. The van der Waals surface area contributed by atoms with E-state index in [2.05, 4.69) is 10.6 Å². The van der Waals surface area contributed by atoms with E-state index in [1.54, 1.807) is 42.5 Å². The van der Waals surface area contributed by atoms with Crippen molar-refractivity contribution in [1.82, 2.24) is 5.32 Å². The molecule has 3 amide bonds. The number of carbonyl (C=O) groups excluding carboxylic acids is 3. The SMILES string of the molecule is Cc1ccc(C)c(NC(=O)COc2ccc(/C=C3/C(=O)NC(=S)N(c4ccccc4)C3=O)cc2Cl)c1. The van der Waals surface area contributed by atoms with Crippen molar-refractivity contribution in [1.29, 1.82) is 0 Å². The highest BCUT2D eigenvalue weighted by Crippen LogP contribution is 2.28. The third-order valence-corrected chi connectivity index (χ3v) is 5.99.